The number of anilines is 1. The van der Waals surface area contributed by atoms with Crippen molar-refractivity contribution in [3.63, 3.8) is 0 Å². The molecule has 0 radical (unpaired) electrons. The molecule has 0 unspecified atom stereocenters. The molecule has 98 valence electrons. The number of carboxylic acids is 1. The summed E-state index contributed by atoms with van der Waals surface area (Å²) in [4.78, 5) is 23.2. The molecule has 0 bridgehead atoms. The Morgan fingerprint density at radius 2 is 2.00 bits per heavy atom. The van der Waals surface area contributed by atoms with Crippen molar-refractivity contribution < 1.29 is 14.7 Å². The fourth-order valence-corrected chi connectivity index (χ4v) is 1.98. The molecule has 0 saturated heterocycles. The monoisotopic (exact) mass is 278 g/mol. The third-order valence-corrected chi connectivity index (χ3v) is 3.05. The molecule has 1 heterocycles. The van der Waals surface area contributed by atoms with Crippen molar-refractivity contribution in [3.8, 4) is 0 Å². The highest BCUT2D eigenvalue weighted by atomic mass is 35.5. The van der Waals surface area contributed by atoms with Crippen molar-refractivity contribution >= 4 is 29.0 Å². The summed E-state index contributed by atoms with van der Waals surface area (Å²) < 4.78 is 1.37. The molecule has 1 aromatic carbocycles. The van der Waals surface area contributed by atoms with Gasteiger partial charge in [0, 0.05) is 30.1 Å². The van der Waals surface area contributed by atoms with Crippen LogP contribution in [0.5, 0.6) is 0 Å². The minimum atomic E-state index is -1.10. The Morgan fingerprint density at radius 3 is 2.58 bits per heavy atom. The molecule has 3 N–H and O–H groups in total. The number of nitrogens with zero attached hydrogens (tertiary/aromatic N) is 1. The SMILES string of the molecule is Cn1cc(C(=O)c2cc(N)ccc2Cl)cc1C(=O)O. The van der Waals surface area contributed by atoms with Gasteiger partial charge >= 0.3 is 5.97 Å². The number of nitrogens with two attached hydrogens (primary N) is 1. The Balaban J connectivity index is 2.47. The van der Waals surface area contributed by atoms with E-state index in [1.165, 1.54) is 29.0 Å². The van der Waals surface area contributed by atoms with Crippen LogP contribution in [-0.2, 0) is 7.05 Å². The van der Waals surface area contributed by atoms with Crippen molar-refractivity contribution in [2.24, 2.45) is 7.05 Å². The van der Waals surface area contributed by atoms with E-state index in [4.69, 9.17) is 22.4 Å². The second-order valence-electron chi connectivity index (χ2n) is 4.10. The highest BCUT2D eigenvalue weighted by Gasteiger charge is 2.18. The predicted octanol–water partition coefficient (Wildman–Crippen LogP) is 2.19. The Hall–Kier alpha value is -2.27. The van der Waals surface area contributed by atoms with Crippen LogP contribution in [0.4, 0.5) is 5.69 Å². The lowest BCUT2D eigenvalue weighted by Gasteiger charge is -2.03. The van der Waals surface area contributed by atoms with E-state index in [1.807, 2.05) is 0 Å². The summed E-state index contributed by atoms with van der Waals surface area (Å²) in [5, 5.41) is 9.23. The average Bonchev–Trinajstić information content (AvgIpc) is 2.74. The summed E-state index contributed by atoms with van der Waals surface area (Å²) in [5.74, 6) is -1.46. The molecular weight excluding hydrogens is 268 g/mol. The summed E-state index contributed by atoms with van der Waals surface area (Å²) in [7, 11) is 1.56. The van der Waals surface area contributed by atoms with Gasteiger partial charge in [0.15, 0.2) is 5.78 Å². The van der Waals surface area contributed by atoms with Gasteiger partial charge in [0.25, 0.3) is 0 Å². The predicted molar refractivity (Wildman–Crippen MR) is 71.7 cm³/mol. The van der Waals surface area contributed by atoms with Crippen LogP contribution in [0, 0.1) is 0 Å². The van der Waals surface area contributed by atoms with Crippen molar-refractivity contribution in [1.29, 1.82) is 0 Å². The molecule has 0 spiro atoms. The third kappa shape index (κ3) is 2.46. The first-order valence-electron chi connectivity index (χ1n) is 5.39. The minimum Gasteiger partial charge on any atom is -0.477 e. The molecule has 0 atom stereocenters. The van der Waals surface area contributed by atoms with E-state index in [0.717, 1.165) is 0 Å². The van der Waals surface area contributed by atoms with Crippen molar-refractivity contribution in [1.82, 2.24) is 4.57 Å². The van der Waals surface area contributed by atoms with E-state index in [1.54, 1.807) is 13.1 Å². The Bertz CT molecular complexity index is 677. The number of hydrogen-bond donors (Lipinski definition) is 2. The molecule has 0 aliphatic rings. The fourth-order valence-electron chi connectivity index (χ4n) is 1.77. The lowest BCUT2D eigenvalue weighted by Crippen LogP contribution is -2.02. The van der Waals surface area contributed by atoms with Gasteiger partial charge in [-0.25, -0.2) is 4.79 Å². The van der Waals surface area contributed by atoms with Gasteiger partial charge in [-0.15, -0.1) is 0 Å². The number of halogens is 1. The van der Waals surface area contributed by atoms with Gasteiger partial charge in [0.2, 0.25) is 0 Å². The first kappa shape index (κ1) is 13.2. The highest BCUT2D eigenvalue weighted by molar-refractivity contribution is 6.35. The smallest absolute Gasteiger partial charge is 0.352 e. The summed E-state index contributed by atoms with van der Waals surface area (Å²) >= 11 is 5.95. The van der Waals surface area contributed by atoms with Gasteiger partial charge < -0.3 is 15.4 Å². The largest absolute Gasteiger partial charge is 0.477 e. The zero-order valence-corrected chi connectivity index (χ0v) is 10.8. The maximum absolute atomic E-state index is 12.3. The van der Waals surface area contributed by atoms with Crippen LogP contribution >= 0.6 is 11.6 Å². The molecule has 19 heavy (non-hydrogen) atoms. The van der Waals surface area contributed by atoms with Crippen LogP contribution in [0.15, 0.2) is 30.5 Å². The van der Waals surface area contributed by atoms with Crippen molar-refractivity contribution in [3.05, 3.63) is 52.3 Å². The van der Waals surface area contributed by atoms with E-state index in [9.17, 15) is 9.59 Å². The summed E-state index contributed by atoms with van der Waals surface area (Å²) in [6.07, 6.45) is 1.45. The summed E-state index contributed by atoms with van der Waals surface area (Å²) in [5.41, 5.74) is 6.58. The van der Waals surface area contributed by atoms with Gasteiger partial charge in [-0.2, -0.15) is 0 Å². The first-order valence-corrected chi connectivity index (χ1v) is 5.77. The van der Waals surface area contributed by atoms with Crippen LogP contribution in [0.3, 0.4) is 0 Å². The van der Waals surface area contributed by atoms with Crippen LogP contribution in [0.1, 0.15) is 26.4 Å². The molecule has 0 fully saturated rings. The van der Waals surface area contributed by atoms with Gasteiger partial charge in [-0.05, 0) is 24.3 Å². The van der Waals surface area contributed by atoms with Gasteiger partial charge in [-0.1, -0.05) is 11.6 Å². The number of benzene rings is 1. The molecular formula is C13H11ClN2O3. The maximum atomic E-state index is 12.3. The molecule has 2 rings (SSSR count). The number of aromatic carboxylic acids is 1. The normalized spacial score (nSPS) is 10.4. The van der Waals surface area contributed by atoms with Crippen molar-refractivity contribution in [2.75, 3.05) is 5.73 Å². The second-order valence-corrected chi connectivity index (χ2v) is 4.51. The van der Waals surface area contributed by atoms with Gasteiger partial charge in [0.05, 0.1) is 5.02 Å². The van der Waals surface area contributed by atoms with E-state index in [2.05, 4.69) is 0 Å². The molecule has 0 amide bonds. The molecule has 6 heteroatoms. The number of hydrogen-bond acceptors (Lipinski definition) is 3. The Morgan fingerprint density at radius 1 is 1.32 bits per heavy atom. The average molecular weight is 279 g/mol. The summed E-state index contributed by atoms with van der Waals surface area (Å²) in [6, 6.07) is 5.90. The highest BCUT2D eigenvalue weighted by Crippen LogP contribution is 2.23. The Labute approximate surface area is 114 Å². The van der Waals surface area contributed by atoms with Gasteiger partial charge in [0.1, 0.15) is 5.69 Å². The number of carbonyl (C=O) groups excluding carboxylic acids is 1. The first-order chi connectivity index (χ1) is 8.90. The number of ketones is 1. The lowest BCUT2D eigenvalue weighted by atomic mass is 10.1. The quantitative estimate of drug-likeness (QED) is 0.666. The van der Waals surface area contributed by atoms with E-state index < -0.39 is 5.97 Å². The van der Waals surface area contributed by atoms with E-state index in [0.29, 0.717) is 5.69 Å². The zero-order chi connectivity index (χ0) is 14.2. The van der Waals surface area contributed by atoms with Crippen LogP contribution in [0.2, 0.25) is 5.02 Å². The molecule has 0 aliphatic carbocycles. The summed E-state index contributed by atoms with van der Waals surface area (Å²) in [6.45, 7) is 0. The number of rotatable bonds is 3. The topological polar surface area (TPSA) is 85.3 Å². The lowest BCUT2D eigenvalue weighted by molar-refractivity contribution is 0.0686. The standard InChI is InChI=1S/C13H11ClN2O3/c1-16-6-7(4-11(16)13(18)19)12(17)9-5-8(15)2-3-10(9)14/h2-6H,15H2,1H3,(H,18,19). The van der Waals surface area contributed by atoms with E-state index in [-0.39, 0.29) is 27.6 Å². The molecule has 5 nitrogen and oxygen atoms in total. The molecule has 0 aliphatic heterocycles. The number of carboxylic acid groups (broad SMARTS) is 1. The Kier molecular flexibility index (Phi) is 3.31. The van der Waals surface area contributed by atoms with Crippen molar-refractivity contribution in [2.45, 2.75) is 0 Å². The fraction of sp³-hybridized carbons (Fsp3) is 0.0769. The minimum absolute atomic E-state index is 0.0309. The molecule has 0 saturated carbocycles. The number of aromatic nitrogens is 1. The maximum Gasteiger partial charge on any atom is 0.352 e. The van der Waals surface area contributed by atoms with Gasteiger partial charge in [-0.3, -0.25) is 4.79 Å². The van der Waals surface area contributed by atoms with E-state index >= 15 is 0 Å². The molecule has 2 aromatic rings. The molecule has 1 aromatic heterocycles. The zero-order valence-electron chi connectivity index (χ0n) is 10.1. The second kappa shape index (κ2) is 4.78. The number of aryl methyl sites for hydroxylation is 1. The number of carbonyl (C=O) groups is 2. The van der Waals surface area contributed by atoms with Crippen LogP contribution in [-0.4, -0.2) is 21.4 Å². The van der Waals surface area contributed by atoms with Crippen LogP contribution in [0.25, 0.3) is 0 Å². The van der Waals surface area contributed by atoms with Crippen LogP contribution < -0.4 is 5.73 Å². The number of nitrogen functional groups attached to an aromatic ring is 1. The third-order valence-electron chi connectivity index (χ3n) is 2.72.